The van der Waals surface area contributed by atoms with Crippen LogP contribution in [0.5, 0.6) is 0 Å². The average molecular weight is 280 g/mol. The van der Waals surface area contributed by atoms with Crippen molar-refractivity contribution in [2.75, 3.05) is 18.5 Å². The van der Waals surface area contributed by atoms with Crippen molar-refractivity contribution in [1.82, 2.24) is 15.3 Å². The van der Waals surface area contributed by atoms with E-state index < -0.39 is 0 Å². The summed E-state index contributed by atoms with van der Waals surface area (Å²) in [6, 6.07) is 0.995. The summed E-state index contributed by atoms with van der Waals surface area (Å²) in [7, 11) is 1.94. The fourth-order valence-electron chi connectivity index (χ4n) is 2.88. The number of hydrogen-bond donors (Lipinski definition) is 1. The summed E-state index contributed by atoms with van der Waals surface area (Å²) < 4.78 is 14.1. The molecule has 0 aromatic carbocycles. The predicted octanol–water partition coefficient (Wildman–Crippen LogP) is 2.67. The number of nitrogens with one attached hydrogen (secondary N) is 1. The molecule has 1 aromatic rings. The molecule has 0 radical (unpaired) electrons. The van der Waals surface area contributed by atoms with Crippen molar-refractivity contribution in [3.05, 3.63) is 17.8 Å². The first-order chi connectivity index (χ1) is 9.63. The Kier molecular flexibility index (Phi) is 5.29. The molecular weight excluding hydrogens is 255 g/mol. The number of nitrogens with zero attached hydrogens (tertiary/aromatic N) is 3. The van der Waals surface area contributed by atoms with E-state index in [9.17, 15) is 4.39 Å². The normalized spacial score (nSPS) is 22.8. The van der Waals surface area contributed by atoms with Gasteiger partial charge in [0.1, 0.15) is 6.33 Å². The largest absolute Gasteiger partial charge is 0.354 e. The summed E-state index contributed by atoms with van der Waals surface area (Å²) in [4.78, 5) is 9.98. The number of aryl methyl sites for hydroxylation is 1. The maximum absolute atomic E-state index is 14.1. The van der Waals surface area contributed by atoms with Gasteiger partial charge in [0.2, 0.25) is 0 Å². The zero-order valence-electron chi connectivity index (χ0n) is 12.7. The van der Waals surface area contributed by atoms with Crippen LogP contribution in [0.4, 0.5) is 10.2 Å². The van der Waals surface area contributed by atoms with E-state index in [2.05, 4.69) is 22.2 Å². The smallest absolute Gasteiger partial charge is 0.186 e. The highest BCUT2D eigenvalue weighted by atomic mass is 19.1. The zero-order valence-corrected chi connectivity index (χ0v) is 12.7. The van der Waals surface area contributed by atoms with Gasteiger partial charge in [0.25, 0.3) is 0 Å². The average Bonchev–Trinajstić information content (AvgIpc) is 2.48. The van der Waals surface area contributed by atoms with Crippen molar-refractivity contribution in [3.8, 4) is 0 Å². The fraction of sp³-hybridized carbons (Fsp3) is 0.733. The first-order valence-corrected chi connectivity index (χ1v) is 7.56. The van der Waals surface area contributed by atoms with Crippen LogP contribution in [0.1, 0.15) is 44.7 Å². The van der Waals surface area contributed by atoms with Gasteiger partial charge in [-0.1, -0.05) is 6.92 Å². The highest BCUT2D eigenvalue weighted by Crippen LogP contribution is 2.27. The van der Waals surface area contributed by atoms with Gasteiger partial charge < -0.3 is 10.2 Å². The molecule has 1 aliphatic rings. The van der Waals surface area contributed by atoms with Gasteiger partial charge in [-0.2, -0.15) is 0 Å². The van der Waals surface area contributed by atoms with E-state index in [-0.39, 0.29) is 5.82 Å². The lowest BCUT2D eigenvalue weighted by Crippen LogP contribution is -2.41. The predicted molar refractivity (Wildman–Crippen MR) is 79.5 cm³/mol. The lowest BCUT2D eigenvalue weighted by Gasteiger charge is -2.35. The summed E-state index contributed by atoms with van der Waals surface area (Å²) in [6.07, 6.45) is 7.09. The molecule has 0 unspecified atom stereocenters. The van der Waals surface area contributed by atoms with Crippen LogP contribution >= 0.6 is 0 Å². The first-order valence-electron chi connectivity index (χ1n) is 7.56. The zero-order chi connectivity index (χ0) is 14.5. The van der Waals surface area contributed by atoms with Crippen LogP contribution in [0.25, 0.3) is 0 Å². The number of aromatic nitrogens is 2. The first kappa shape index (κ1) is 15.2. The van der Waals surface area contributed by atoms with E-state index in [1.54, 1.807) is 6.92 Å². The van der Waals surface area contributed by atoms with Crippen LogP contribution in [-0.4, -0.2) is 35.6 Å². The van der Waals surface area contributed by atoms with Crippen molar-refractivity contribution in [2.24, 2.45) is 0 Å². The Morgan fingerprint density at radius 2 is 2.00 bits per heavy atom. The Bertz CT molecular complexity index is 430. The van der Waals surface area contributed by atoms with Gasteiger partial charge in [0.15, 0.2) is 11.6 Å². The van der Waals surface area contributed by atoms with Crippen LogP contribution in [0, 0.1) is 12.7 Å². The van der Waals surface area contributed by atoms with Crippen molar-refractivity contribution in [2.45, 2.75) is 58.0 Å². The molecule has 0 bridgehead atoms. The number of hydrogen-bond acceptors (Lipinski definition) is 4. The molecule has 1 heterocycles. The molecule has 1 saturated carbocycles. The molecule has 0 aliphatic heterocycles. The molecule has 5 heteroatoms. The topological polar surface area (TPSA) is 41.0 Å². The summed E-state index contributed by atoms with van der Waals surface area (Å²) in [5, 5.41) is 3.57. The van der Waals surface area contributed by atoms with E-state index in [0.29, 0.717) is 23.6 Å². The van der Waals surface area contributed by atoms with Gasteiger partial charge in [-0.05, 0) is 45.6 Å². The highest BCUT2D eigenvalue weighted by Gasteiger charge is 2.26. The molecule has 1 N–H and O–H groups in total. The van der Waals surface area contributed by atoms with Crippen LogP contribution in [0.15, 0.2) is 6.33 Å². The maximum Gasteiger partial charge on any atom is 0.186 e. The lowest BCUT2D eigenvalue weighted by molar-refractivity contribution is 0.335. The molecule has 20 heavy (non-hydrogen) atoms. The third-order valence-corrected chi connectivity index (χ3v) is 4.21. The van der Waals surface area contributed by atoms with E-state index >= 15 is 0 Å². The standard InChI is InChI=1S/C15H25FN4/c1-4-9-17-12-5-7-13(8-6-12)20(3)15-14(16)11(2)18-10-19-15/h10,12-13,17H,4-9H2,1-3H3. The van der Waals surface area contributed by atoms with Crippen LogP contribution in [-0.2, 0) is 0 Å². The van der Waals surface area contributed by atoms with Crippen LogP contribution < -0.4 is 10.2 Å². The number of rotatable bonds is 5. The van der Waals surface area contributed by atoms with Crippen molar-refractivity contribution < 1.29 is 4.39 Å². The minimum Gasteiger partial charge on any atom is -0.354 e. The van der Waals surface area contributed by atoms with E-state index in [0.717, 1.165) is 32.2 Å². The Hall–Kier alpha value is -1.23. The minimum atomic E-state index is -0.291. The molecule has 2 rings (SSSR count). The maximum atomic E-state index is 14.1. The van der Waals surface area contributed by atoms with Gasteiger partial charge in [-0.3, -0.25) is 0 Å². The van der Waals surface area contributed by atoms with Gasteiger partial charge >= 0.3 is 0 Å². The Balaban J connectivity index is 1.94. The molecule has 0 saturated heterocycles. The molecule has 4 nitrogen and oxygen atoms in total. The van der Waals surface area contributed by atoms with Gasteiger partial charge in [-0.15, -0.1) is 0 Å². The third-order valence-electron chi connectivity index (χ3n) is 4.21. The third kappa shape index (κ3) is 3.45. The molecular formula is C15H25FN4. The Labute approximate surface area is 120 Å². The minimum absolute atomic E-state index is 0.291. The summed E-state index contributed by atoms with van der Waals surface area (Å²) in [6.45, 7) is 4.96. The van der Waals surface area contributed by atoms with Crippen molar-refractivity contribution in [1.29, 1.82) is 0 Å². The van der Waals surface area contributed by atoms with E-state index in [4.69, 9.17) is 0 Å². The van der Waals surface area contributed by atoms with Crippen molar-refractivity contribution >= 4 is 5.82 Å². The quantitative estimate of drug-likeness (QED) is 0.900. The Morgan fingerprint density at radius 1 is 1.30 bits per heavy atom. The van der Waals surface area contributed by atoms with Gasteiger partial charge in [-0.25, -0.2) is 14.4 Å². The molecule has 1 fully saturated rings. The molecule has 0 amide bonds. The molecule has 0 spiro atoms. The lowest BCUT2D eigenvalue weighted by atomic mass is 9.90. The second-order valence-electron chi connectivity index (χ2n) is 5.67. The van der Waals surface area contributed by atoms with E-state index in [1.165, 1.54) is 12.7 Å². The molecule has 1 aliphatic carbocycles. The summed E-state index contributed by atoms with van der Waals surface area (Å²) >= 11 is 0. The van der Waals surface area contributed by atoms with Crippen molar-refractivity contribution in [3.63, 3.8) is 0 Å². The van der Waals surface area contributed by atoms with Gasteiger partial charge in [0.05, 0.1) is 5.69 Å². The highest BCUT2D eigenvalue weighted by molar-refractivity contribution is 5.41. The summed E-state index contributed by atoms with van der Waals surface area (Å²) in [5.74, 6) is 0.142. The molecule has 112 valence electrons. The summed E-state index contributed by atoms with van der Waals surface area (Å²) in [5.41, 5.74) is 0.417. The Morgan fingerprint density at radius 3 is 2.65 bits per heavy atom. The fourth-order valence-corrected chi connectivity index (χ4v) is 2.88. The van der Waals surface area contributed by atoms with Crippen LogP contribution in [0.3, 0.4) is 0 Å². The number of anilines is 1. The van der Waals surface area contributed by atoms with E-state index in [1.807, 2.05) is 11.9 Å². The SMILES string of the molecule is CCCNC1CCC(N(C)c2ncnc(C)c2F)CC1. The molecule has 1 aromatic heterocycles. The van der Waals surface area contributed by atoms with Crippen LogP contribution in [0.2, 0.25) is 0 Å². The second-order valence-corrected chi connectivity index (χ2v) is 5.67. The number of halogens is 1. The monoisotopic (exact) mass is 280 g/mol. The molecule has 0 atom stereocenters. The second kappa shape index (κ2) is 6.97. The van der Waals surface area contributed by atoms with Gasteiger partial charge in [0, 0.05) is 19.1 Å².